The van der Waals surface area contributed by atoms with Crippen LogP contribution in [0.4, 0.5) is 0 Å². The fraction of sp³-hybridized carbons (Fsp3) is 0.500. The maximum absolute atomic E-state index is 5.46. The summed E-state index contributed by atoms with van der Waals surface area (Å²) in [5.41, 5.74) is 8.04. The molecule has 1 rings (SSSR count). The molecular weight excluding hydrogens is 174 g/mol. The summed E-state index contributed by atoms with van der Waals surface area (Å²) < 4.78 is 5.30. The van der Waals surface area contributed by atoms with Gasteiger partial charge in [0.2, 0.25) is 0 Å². The molecule has 0 saturated carbocycles. The maximum Gasteiger partial charge on any atom is 0.122 e. The van der Waals surface area contributed by atoms with E-state index in [0.717, 1.165) is 31.6 Å². The van der Waals surface area contributed by atoms with E-state index >= 15 is 0 Å². The van der Waals surface area contributed by atoms with Crippen molar-refractivity contribution in [2.45, 2.75) is 26.2 Å². The Morgan fingerprint density at radius 3 is 2.71 bits per heavy atom. The number of rotatable bonds is 5. The molecule has 0 atom stereocenters. The summed E-state index contributed by atoms with van der Waals surface area (Å²) in [4.78, 5) is 0. The molecule has 0 spiro atoms. The van der Waals surface area contributed by atoms with Gasteiger partial charge in [-0.1, -0.05) is 17.7 Å². The Labute approximate surface area is 86.1 Å². The predicted octanol–water partition coefficient (Wildman–Crippen LogP) is 2.29. The number of benzene rings is 1. The topological polar surface area (TPSA) is 35.2 Å². The third-order valence-corrected chi connectivity index (χ3v) is 2.34. The largest absolute Gasteiger partial charge is 0.496 e. The van der Waals surface area contributed by atoms with Crippen LogP contribution in [0.25, 0.3) is 0 Å². The molecule has 1 aromatic rings. The molecule has 0 saturated heterocycles. The van der Waals surface area contributed by atoms with Crippen molar-refractivity contribution in [3.05, 3.63) is 29.3 Å². The highest BCUT2D eigenvalue weighted by Crippen LogP contribution is 2.21. The molecule has 78 valence electrons. The minimum atomic E-state index is 0.772. The van der Waals surface area contributed by atoms with Crippen molar-refractivity contribution in [1.82, 2.24) is 0 Å². The van der Waals surface area contributed by atoms with Gasteiger partial charge >= 0.3 is 0 Å². The Balaban J connectivity index is 2.67. The number of ether oxygens (including phenoxy) is 1. The Morgan fingerprint density at radius 1 is 1.29 bits per heavy atom. The molecule has 0 aliphatic heterocycles. The highest BCUT2D eigenvalue weighted by atomic mass is 16.5. The molecular formula is C12H19NO. The minimum Gasteiger partial charge on any atom is -0.496 e. The van der Waals surface area contributed by atoms with Crippen LogP contribution in [0.2, 0.25) is 0 Å². The molecule has 0 aromatic heterocycles. The van der Waals surface area contributed by atoms with Crippen molar-refractivity contribution in [3.63, 3.8) is 0 Å². The van der Waals surface area contributed by atoms with Crippen LogP contribution < -0.4 is 10.5 Å². The van der Waals surface area contributed by atoms with Crippen LogP contribution >= 0.6 is 0 Å². The van der Waals surface area contributed by atoms with Crippen LogP contribution in [0.1, 0.15) is 24.0 Å². The van der Waals surface area contributed by atoms with Gasteiger partial charge in [-0.2, -0.15) is 0 Å². The average molecular weight is 193 g/mol. The number of hydrogen-bond donors (Lipinski definition) is 1. The van der Waals surface area contributed by atoms with E-state index in [-0.39, 0.29) is 0 Å². The SMILES string of the molecule is COc1ccc(C)cc1CCCCN. The number of hydrogen-bond acceptors (Lipinski definition) is 2. The Morgan fingerprint density at radius 2 is 2.07 bits per heavy atom. The summed E-state index contributed by atoms with van der Waals surface area (Å²) in [5.74, 6) is 0.993. The lowest BCUT2D eigenvalue weighted by Gasteiger charge is -2.08. The van der Waals surface area contributed by atoms with E-state index in [1.807, 2.05) is 6.07 Å². The Hall–Kier alpha value is -1.02. The van der Waals surface area contributed by atoms with Gasteiger partial charge in [-0.05, 0) is 44.4 Å². The zero-order chi connectivity index (χ0) is 10.4. The first kappa shape index (κ1) is 11.1. The number of nitrogens with two attached hydrogens (primary N) is 1. The Bertz CT molecular complexity index is 284. The summed E-state index contributed by atoms with van der Waals surface area (Å²) in [5, 5.41) is 0. The molecule has 2 heteroatoms. The van der Waals surface area contributed by atoms with E-state index in [1.54, 1.807) is 7.11 Å². The monoisotopic (exact) mass is 193 g/mol. The molecule has 0 aliphatic rings. The molecule has 2 N–H and O–H groups in total. The van der Waals surface area contributed by atoms with Crippen molar-refractivity contribution >= 4 is 0 Å². The maximum atomic E-state index is 5.46. The predicted molar refractivity (Wildman–Crippen MR) is 59.7 cm³/mol. The molecule has 0 fully saturated rings. The van der Waals surface area contributed by atoms with Gasteiger partial charge in [-0.25, -0.2) is 0 Å². The van der Waals surface area contributed by atoms with Gasteiger partial charge in [-0.15, -0.1) is 0 Å². The zero-order valence-corrected chi connectivity index (χ0v) is 9.05. The summed E-state index contributed by atoms with van der Waals surface area (Å²) in [6.45, 7) is 2.88. The highest BCUT2D eigenvalue weighted by Gasteiger charge is 2.02. The van der Waals surface area contributed by atoms with Crippen molar-refractivity contribution in [3.8, 4) is 5.75 Å². The van der Waals surface area contributed by atoms with Crippen molar-refractivity contribution in [2.24, 2.45) is 5.73 Å². The second-order valence-corrected chi connectivity index (χ2v) is 3.56. The minimum absolute atomic E-state index is 0.772. The zero-order valence-electron chi connectivity index (χ0n) is 9.05. The first-order valence-electron chi connectivity index (χ1n) is 5.11. The molecule has 0 unspecified atom stereocenters. The molecule has 1 aromatic carbocycles. The van der Waals surface area contributed by atoms with E-state index in [4.69, 9.17) is 10.5 Å². The van der Waals surface area contributed by atoms with E-state index in [1.165, 1.54) is 11.1 Å². The molecule has 14 heavy (non-hydrogen) atoms. The van der Waals surface area contributed by atoms with Crippen LogP contribution in [0.3, 0.4) is 0 Å². The lowest BCUT2D eigenvalue weighted by Crippen LogP contribution is -2.00. The summed E-state index contributed by atoms with van der Waals surface area (Å²) in [7, 11) is 1.72. The first-order chi connectivity index (χ1) is 6.77. The van der Waals surface area contributed by atoms with Crippen molar-refractivity contribution < 1.29 is 4.74 Å². The van der Waals surface area contributed by atoms with E-state index < -0.39 is 0 Å². The summed E-state index contributed by atoms with van der Waals surface area (Å²) in [6, 6.07) is 6.30. The van der Waals surface area contributed by atoms with Gasteiger partial charge in [-0.3, -0.25) is 0 Å². The molecule has 0 heterocycles. The average Bonchev–Trinajstić information content (AvgIpc) is 2.19. The summed E-state index contributed by atoms with van der Waals surface area (Å²) >= 11 is 0. The third-order valence-electron chi connectivity index (χ3n) is 2.34. The van der Waals surface area contributed by atoms with Gasteiger partial charge in [0.1, 0.15) is 5.75 Å². The van der Waals surface area contributed by atoms with Crippen LogP contribution in [-0.2, 0) is 6.42 Å². The number of methoxy groups -OCH3 is 1. The highest BCUT2D eigenvalue weighted by molar-refractivity contribution is 5.36. The molecule has 0 aliphatic carbocycles. The van der Waals surface area contributed by atoms with Crippen molar-refractivity contribution in [2.75, 3.05) is 13.7 Å². The molecule has 0 radical (unpaired) electrons. The quantitative estimate of drug-likeness (QED) is 0.728. The third kappa shape index (κ3) is 3.04. The van der Waals surface area contributed by atoms with Gasteiger partial charge < -0.3 is 10.5 Å². The molecule has 2 nitrogen and oxygen atoms in total. The first-order valence-corrected chi connectivity index (χ1v) is 5.11. The normalized spacial score (nSPS) is 10.2. The van der Waals surface area contributed by atoms with Gasteiger partial charge in [0.25, 0.3) is 0 Å². The number of aryl methyl sites for hydroxylation is 2. The smallest absolute Gasteiger partial charge is 0.122 e. The fourth-order valence-corrected chi connectivity index (χ4v) is 1.56. The van der Waals surface area contributed by atoms with Crippen LogP contribution in [0, 0.1) is 6.92 Å². The van der Waals surface area contributed by atoms with Gasteiger partial charge in [0.15, 0.2) is 0 Å². The van der Waals surface area contributed by atoms with Gasteiger partial charge in [0.05, 0.1) is 7.11 Å². The van der Waals surface area contributed by atoms with Crippen molar-refractivity contribution in [1.29, 1.82) is 0 Å². The van der Waals surface area contributed by atoms with E-state index in [9.17, 15) is 0 Å². The lowest BCUT2D eigenvalue weighted by molar-refractivity contribution is 0.409. The second-order valence-electron chi connectivity index (χ2n) is 3.56. The standard InChI is InChI=1S/C12H19NO/c1-10-6-7-12(14-2)11(9-10)5-3-4-8-13/h6-7,9H,3-5,8,13H2,1-2H3. The number of unbranched alkanes of at least 4 members (excludes halogenated alkanes) is 1. The molecule has 0 amide bonds. The Kier molecular flexibility index (Phi) is 4.47. The van der Waals surface area contributed by atoms with Crippen LogP contribution in [0.5, 0.6) is 5.75 Å². The second kappa shape index (κ2) is 5.66. The fourth-order valence-electron chi connectivity index (χ4n) is 1.56. The van der Waals surface area contributed by atoms with E-state index in [0.29, 0.717) is 0 Å². The van der Waals surface area contributed by atoms with Crippen LogP contribution in [0.15, 0.2) is 18.2 Å². The lowest BCUT2D eigenvalue weighted by atomic mass is 10.0. The van der Waals surface area contributed by atoms with Gasteiger partial charge in [0, 0.05) is 0 Å². The van der Waals surface area contributed by atoms with E-state index in [2.05, 4.69) is 19.1 Å². The summed E-state index contributed by atoms with van der Waals surface area (Å²) in [6.07, 6.45) is 3.27. The van der Waals surface area contributed by atoms with Crippen LogP contribution in [-0.4, -0.2) is 13.7 Å². The molecule has 0 bridgehead atoms.